The minimum Gasteiger partial charge on any atom is -0.338 e. The molecule has 1 aliphatic heterocycles. The van der Waals surface area contributed by atoms with Crippen molar-refractivity contribution in [1.29, 1.82) is 0 Å². The molecule has 1 saturated heterocycles. The van der Waals surface area contributed by atoms with Gasteiger partial charge in [-0.25, -0.2) is 5.10 Å². The Balaban J connectivity index is 1.43. The van der Waals surface area contributed by atoms with E-state index in [0.717, 1.165) is 43.1 Å². The van der Waals surface area contributed by atoms with Gasteiger partial charge in [-0.3, -0.25) is 9.89 Å². The van der Waals surface area contributed by atoms with Crippen LogP contribution in [-0.4, -0.2) is 62.4 Å². The third kappa shape index (κ3) is 2.88. The predicted molar refractivity (Wildman–Crippen MR) is 88.9 cm³/mol. The van der Waals surface area contributed by atoms with Crippen molar-refractivity contribution in [2.75, 3.05) is 31.1 Å². The molecule has 2 N–H and O–H groups in total. The molecule has 0 unspecified atom stereocenters. The Morgan fingerprint density at radius 3 is 2.54 bits per heavy atom. The van der Waals surface area contributed by atoms with E-state index in [4.69, 9.17) is 0 Å². The molecule has 2 aromatic rings. The zero-order valence-corrected chi connectivity index (χ0v) is 13.7. The van der Waals surface area contributed by atoms with E-state index in [0.29, 0.717) is 19.0 Å². The lowest BCUT2D eigenvalue weighted by atomic mass is 9.85. The summed E-state index contributed by atoms with van der Waals surface area (Å²) in [6, 6.07) is 0. The first-order valence-electron chi connectivity index (χ1n) is 8.76. The molecule has 2 aromatic heterocycles. The van der Waals surface area contributed by atoms with Crippen molar-refractivity contribution in [3.63, 3.8) is 0 Å². The van der Waals surface area contributed by atoms with Gasteiger partial charge in [0.25, 0.3) is 5.91 Å². The minimum atomic E-state index is 0.0987. The first-order valence-corrected chi connectivity index (χ1v) is 8.76. The lowest BCUT2D eigenvalue weighted by Gasteiger charge is -2.34. The highest BCUT2D eigenvalue weighted by atomic mass is 16.2. The molecule has 0 bridgehead atoms. The van der Waals surface area contributed by atoms with E-state index in [2.05, 4.69) is 30.3 Å². The number of hydrogen-bond acceptors (Lipinski definition) is 5. The highest BCUT2D eigenvalue weighted by Crippen LogP contribution is 2.33. The number of hydrogen-bond donors (Lipinski definition) is 2. The van der Waals surface area contributed by atoms with E-state index in [9.17, 15) is 4.79 Å². The quantitative estimate of drug-likeness (QED) is 0.891. The van der Waals surface area contributed by atoms with Crippen LogP contribution in [0.1, 0.15) is 54.1 Å². The van der Waals surface area contributed by atoms with Crippen LogP contribution in [0.5, 0.6) is 0 Å². The number of piperazine rings is 1. The van der Waals surface area contributed by atoms with Crippen LogP contribution in [0.15, 0.2) is 12.5 Å². The maximum absolute atomic E-state index is 12.9. The molecule has 0 atom stereocenters. The number of aromatic amines is 2. The molecule has 24 heavy (non-hydrogen) atoms. The zero-order chi connectivity index (χ0) is 16.4. The minimum absolute atomic E-state index is 0.0987. The number of H-pyrrole nitrogens is 2. The summed E-state index contributed by atoms with van der Waals surface area (Å²) in [6.45, 7) is 2.90. The molecule has 3 heterocycles. The van der Waals surface area contributed by atoms with E-state index in [1.165, 1.54) is 25.6 Å². The van der Waals surface area contributed by atoms with E-state index in [1.807, 2.05) is 4.90 Å². The largest absolute Gasteiger partial charge is 0.338 e. The Hall–Kier alpha value is -2.38. The topological polar surface area (TPSA) is 93.8 Å². The van der Waals surface area contributed by atoms with Gasteiger partial charge in [0.1, 0.15) is 6.33 Å². The number of carbonyl (C=O) groups is 1. The Morgan fingerprint density at radius 2 is 1.83 bits per heavy atom. The lowest BCUT2D eigenvalue weighted by molar-refractivity contribution is 0.0744. The number of rotatable bonds is 3. The maximum Gasteiger partial charge on any atom is 0.257 e. The van der Waals surface area contributed by atoms with Gasteiger partial charge in [0.15, 0.2) is 0 Å². The fourth-order valence-electron chi connectivity index (χ4n) is 3.81. The number of nitrogens with one attached hydrogen (secondary N) is 2. The normalized spacial score (nSPS) is 19.7. The van der Waals surface area contributed by atoms with Gasteiger partial charge < -0.3 is 9.80 Å². The highest BCUT2D eigenvalue weighted by Gasteiger charge is 2.28. The molecule has 8 heteroatoms. The fraction of sp³-hybridized carbons (Fsp3) is 0.625. The summed E-state index contributed by atoms with van der Waals surface area (Å²) in [5.41, 5.74) is 1.80. The molecule has 2 fully saturated rings. The number of amides is 1. The van der Waals surface area contributed by atoms with E-state index >= 15 is 0 Å². The van der Waals surface area contributed by atoms with Gasteiger partial charge in [0.2, 0.25) is 5.95 Å². The monoisotopic (exact) mass is 329 g/mol. The van der Waals surface area contributed by atoms with Gasteiger partial charge in [-0.05, 0) is 12.8 Å². The van der Waals surface area contributed by atoms with Crippen molar-refractivity contribution in [2.24, 2.45) is 0 Å². The Morgan fingerprint density at radius 1 is 1.04 bits per heavy atom. The van der Waals surface area contributed by atoms with E-state index in [-0.39, 0.29) is 5.91 Å². The average molecular weight is 329 g/mol. The van der Waals surface area contributed by atoms with Crippen LogP contribution in [-0.2, 0) is 0 Å². The second-order valence-corrected chi connectivity index (χ2v) is 6.62. The first-order chi connectivity index (χ1) is 11.8. The van der Waals surface area contributed by atoms with Crippen molar-refractivity contribution in [1.82, 2.24) is 30.3 Å². The molecule has 2 aliphatic rings. The van der Waals surface area contributed by atoms with E-state index < -0.39 is 0 Å². The summed E-state index contributed by atoms with van der Waals surface area (Å²) in [4.78, 5) is 21.1. The van der Waals surface area contributed by atoms with Gasteiger partial charge in [-0.2, -0.15) is 15.2 Å². The van der Waals surface area contributed by atoms with Gasteiger partial charge in [0.05, 0.1) is 17.5 Å². The van der Waals surface area contributed by atoms with Crippen LogP contribution in [0.25, 0.3) is 0 Å². The number of aromatic nitrogens is 5. The van der Waals surface area contributed by atoms with Crippen molar-refractivity contribution >= 4 is 11.9 Å². The molecule has 0 spiro atoms. The van der Waals surface area contributed by atoms with Crippen LogP contribution in [0, 0.1) is 0 Å². The Labute approximate surface area is 140 Å². The molecule has 128 valence electrons. The summed E-state index contributed by atoms with van der Waals surface area (Å²) in [6.07, 6.45) is 9.31. The van der Waals surface area contributed by atoms with Gasteiger partial charge >= 0.3 is 0 Å². The molecular formula is C16H23N7O. The van der Waals surface area contributed by atoms with Crippen LogP contribution < -0.4 is 4.90 Å². The van der Waals surface area contributed by atoms with Crippen molar-refractivity contribution in [3.05, 3.63) is 23.8 Å². The third-order valence-electron chi connectivity index (χ3n) is 5.18. The number of carbonyl (C=O) groups excluding carboxylic acids is 1. The average Bonchev–Trinajstić information content (AvgIpc) is 3.34. The van der Waals surface area contributed by atoms with Gasteiger partial charge in [0, 0.05) is 32.1 Å². The zero-order valence-electron chi connectivity index (χ0n) is 13.7. The number of nitrogens with zero attached hydrogens (tertiary/aromatic N) is 5. The van der Waals surface area contributed by atoms with Crippen LogP contribution in [0.2, 0.25) is 0 Å². The summed E-state index contributed by atoms with van der Waals surface area (Å²) < 4.78 is 0. The smallest absolute Gasteiger partial charge is 0.257 e. The molecule has 8 nitrogen and oxygen atoms in total. The third-order valence-corrected chi connectivity index (χ3v) is 5.18. The molecule has 1 amide bonds. The molecular weight excluding hydrogens is 306 g/mol. The van der Waals surface area contributed by atoms with Gasteiger partial charge in [-0.1, -0.05) is 19.3 Å². The first kappa shape index (κ1) is 15.2. The second-order valence-electron chi connectivity index (χ2n) is 6.62. The lowest BCUT2D eigenvalue weighted by Crippen LogP contribution is -2.49. The molecule has 0 radical (unpaired) electrons. The van der Waals surface area contributed by atoms with Crippen molar-refractivity contribution in [2.45, 2.75) is 38.0 Å². The molecule has 1 aliphatic carbocycles. The van der Waals surface area contributed by atoms with Crippen molar-refractivity contribution in [3.8, 4) is 0 Å². The van der Waals surface area contributed by atoms with Crippen LogP contribution in [0.3, 0.4) is 0 Å². The molecule has 4 rings (SSSR count). The summed E-state index contributed by atoms with van der Waals surface area (Å²) in [5.74, 6) is 1.32. The molecule has 1 saturated carbocycles. The number of anilines is 1. The van der Waals surface area contributed by atoms with Crippen LogP contribution in [0.4, 0.5) is 5.95 Å². The highest BCUT2D eigenvalue weighted by molar-refractivity contribution is 5.95. The summed E-state index contributed by atoms with van der Waals surface area (Å²) in [7, 11) is 0. The van der Waals surface area contributed by atoms with Gasteiger partial charge in [-0.15, -0.1) is 0 Å². The van der Waals surface area contributed by atoms with Crippen molar-refractivity contribution < 1.29 is 4.79 Å². The Bertz CT molecular complexity index is 666. The molecule has 0 aromatic carbocycles. The fourth-order valence-corrected chi connectivity index (χ4v) is 3.81. The SMILES string of the molecule is O=C(c1cn[nH]c1C1CCCCC1)N1CCN(c2ncn[nH]2)CC1. The predicted octanol–water partition coefficient (Wildman–Crippen LogP) is 1.54. The second kappa shape index (κ2) is 6.62. The summed E-state index contributed by atoms with van der Waals surface area (Å²) >= 11 is 0. The standard InChI is InChI=1S/C16H23N7O/c24-15(13-10-18-20-14(13)12-4-2-1-3-5-12)22-6-8-23(9-7-22)16-17-11-19-21-16/h10-12H,1-9H2,(H,18,20)(H,17,19,21). The summed E-state index contributed by atoms with van der Waals surface area (Å²) in [5, 5.41) is 14.0. The van der Waals surface area contributed by atoms with Crippen LogP contribution >= 0.6 is 0 Å². The van der Waals surface area contributed by atoms with E-state index in [1.54, 1.807) is 6.20 Å². The maximum atomic E-state index is 12.9. The Kier molecular flexibility index (Phi) is 4.18.